The van der Waals surface area contributed by atoms with E-state index in [0.29, 0.717) is 32.6 Å². The van der Waals surface area contributed by atoms with Crippen molar-refractivity contribution in [3.8, 4) is 0 Å². The van der Waals surface area contributed by atoms with Crippen LogP contribution >= 0.6 is 0 Å². The third-order valence-corrected chi connectivity index (χ3v) is 7.47. The van der Waals surface area contributed by atoms with Gasteiger partial charge in [0.05, 0.1) is 6.54 Å². The number of fused-ring (bicyclic) bond motifs is 4. The van der Waals surface area contributed by atoms with Crippen molar-refractivity contribution in [3.63, 3.8) is 0 Å². The van der Waals surface area contributed by atoms with Crippen LogP contribution in [0.2, 0.25) is 0 Å². The zero-order chi connectivity index (χ0) is 22.3. The minimum atomic E-state index is -0.475. The van der Waals surface area contributed by atoms with Crippen LogP contribution in [0.4, 0.5) is 5.69 Å². The highest BCUT2D eigenvalue weighted by atomic mass is 16.8. The lowest BCUT2D eigenvalue weighted by molar-refractivity contribution is -0.137. The molecule has 1 amide bonds. The van der Waals surface area contributed by atoms with Crippen LogP contribution in [-0.2, 0) is 17.9 Å². The topological polar surface area (TPSA) is 132 Å². The second-order valence-electron chi connectivity index (χ2n) is 9.67. The van der Waals surface area contributed by atoms with Gasteiger partial charge in [0.15, 0.2) is 0 Å². The Hall–Kier alpha value is -2.79. The molecule has 2 atom stereocenters. The Morgan fingerprint density at radius 1 is 1.22 bits per heavy atom. The average Bonchev–Trinajstić information content (AvgIpc) is 3.27. The molecule has 1 saturated carbocycles. The molecule has 4 heterocycles. The first-order valence-electron chi connectivity index (χ1n) is 11.3. The summed E-state index contributed by atoms with van der Waals surface area (Å²) in [5.74, 6) is 0.357. The Labute approximate surface area is 185 Å². The van der Waals surface area contributed by atoms with Gasteiger partial charge in [0.25, 0.3) is 5.56 Å². The molecule has 5 rings (SSSR count). The first kappa shape index (κ1) is 21.1. The van der Waals surface area contributed by atoms with Crippen LogP contribution in [0.15, 0.2) is 23.3 Å². The highest BCUT2D eigenvalue weighted by molar-refractivity contribution is 5.77. The smallest absolute Gasteiger partial charge is 0.275 e. The van der Waals surface area contributed by atoms with Crippen molar-refractivity contribution in [3.05, 3.63) is 39.7 Å². The monoisotopic (exact) mass is 442 g/mol. The van der Waals surface area contributed by atoms with E-state index >= 15 is 0 Å². The molecule has 2 aromatic heterocycles. The van der Waals surface area contributed by atoms with Crippen molar-refractivity contribution < 1.29 is 10.0 Å². The number of amides is 1. The lowest BCUT2D eigenvalue weighted by Gasteiger charge is -2.44. The van der Waals surface area contributed by atoms with Crippen molar-refractivity contribution in [2.75, 3.05) is 18.3 Å². The first-order valence-corrected chi connectivity index (χ1v) is 11.3. The molecule has 172 valence electrons. The predicted octanol–water partition coefficient (Wildman–Crippen LogP) is 1.51. The van der Waals surface area contributed by atoms with Crippen molar-refractivity contribution in [1.29, 1.82) is 0 Å². The van der Waals surface area contributed by atoms with Crippen molar-refractivity contribution >= 4 is 11.6 Å². The summed E-state index contributed by atoms with van der Waals surface area (Å²) in [6, 6.07) is 3.10. The Morgan fingerprint density at radius 3 is 2.75 bits per heavy atom. The number of rotatable bonds is 5. The largest absolute Gasteiger partial charge is 0.733 e. The summed E-state index contributed by atoms with van der Waals surface area (Å²) in [5, 5.41) is 31.6. The fourth-order valence-corrected chi connectivity index (χ4v) is 6.01. The van der Waals surface area contributed by atoms with E-state index in [0.717, 1.165) is 37.8 Å². The molecule has 1 aliphatic carbocycles. The summed E-state index contributed by atoms with van der Waals surface area (Å²) in [7, 11) is 0. The third kappa shape index (κ3) is 3.90. The van der Waals surface area contributed by atoms with Crippen LogP contribution in [0.3, 0.4) is 0 Å². The summed E-state index contributed by atoms with van der Waals surface area (Å²) in [4.78, 5) is 28.0. The van der Waals surface area contributed by atoms with Crippen molar-refractivity contribution in [1.82, 2.24) is 29.7 Å². The maximum atomic E-state index is 13.5. The standard InChI is InChI=1S/C21H28N7O4/c29-19(9-21(6-2-1-3-7-21)13-26-14-22-23-24-26)25-10-15-8-16(12-25)17-4-5-18(28(31)32)20(30)27(17)11-15/h4-5,14-16,31H,1-3,6-13H2/q-1/t15-,16+/m1/s1. The van der Waals surface area contributed by atoms with Gasteiger partial charge in [0.1, 0.15) is 12.0 Å². The van der Waals surface area contributed by atoms with Gasteiger partial charge in [-0.25, -0.2) is 4.68 Å². The molecule has 2 fully saturated rings. The van der Waals surface area contributed by atoms with E-state index in [4.69, 9.17) is 0 Å². The molecule has 1 N–H and O–H groups in total. The molecular weight excluding hydrogens is 414 g/mol. The van der Waals surface area contributed by atoms with Crippen molar-refractivity contribution in [2.24, 2.45) is 11.3 Å². The van der Waals surface area contributed by atoms with E-state index < -0.39 is 5.56 Å². The zero-order valence-corrected chi connectivity index (χ0v) is 18.0. The number of likely N-dealkylation sites (tertiary alicyclic amines) is 1. The third-order valence-electron chi connectivity index (χ3n) is 7.47. The number of piperidine rings is 1. The van der Waals surface area contributed by atoms with Gasteiger partial charge in [0.2, 0.25) is 5.91 Å². The fourth-order valence-electron chi connectivity index (χ4n) is 6.01. The number of aromatic nitrogens is 5. The quantitative estimate of drug-likeness (QED) is 0.689. The van der Waals surface area contributed by atoms with Gasteiger partial charge in [0, 0.05) is 37.7 Å². The van der Waals surface area contributed by atoms with Crippen LogP contribution in [0, 0.1) is 16.5 Å². The molecule has 2 aliphatic heterocycles. The molecule has 32 heavy (non-hydrogen) atoms. The van der Waals surface area contributed by atoms with Gasteiger partial charge in [-0.05, 0) is 53.2 Å². The Balaban J connectivity index is 1.34. The zero-order valence-electron chi connectivity index (χ0n) is 18.0. The Bertz CT molecular complexity index is 1030. The van der Waals surface area contributed by atoms with Crippen LogP contribution in [0.1, 0.15) is 56.6 Å². The number of hydrogen-bond donors (Lipinski definition) is 1. The van der Waals surface area contributed by atoms with Crippen LogP contribution in [0.5, 0.6) is 0 Å². The number of carbonyl (C=O) groups excluding carboxylic acids is 1. The molecule has 0 aromatic carbocycles. The summed E-state index contributed by atoms with van der Waals surface area (Å²) < 4.78 is 3.34. The molecule has 3 aliphatic rings. The maximum Gasteiger partial charge on any atom is 0.275 e. The summed E-state index contributed by atoms with van der Waals surface area (Å²) in [5.41, 5.74) is -0.0456. The van der Waals surface area contributed by atoms with Gasteiger partial charge >= 0.3 is 0 Å². The highest BCUT2D eigenvalue weighted by Gasteiger charge is 2.40. The number of anilines is 1. The Kier molecular flexibility index (Phi) is 5.46. The molecule has 11 heteroatoms. The number of hydrogen-bond acceptors (Lipinski definition) is 8. The van der Waals surface area contributed by atoms with Gasteiger partial charge < -0.3 is 19.9 Å². The molecule has 11 nitrogen and oxygen atoms in total. The summed E-state index contributed by atoms with van der Waals surface area (Å²) in [6.07, 6.45) is 8.42. The van der Waals surface area contributed by atoms with Crippen LogP contribution in [0.25, 0.3) is 0 Å². The number of carbonyl (C=O) groups is 1. The lowest BCUT2D eigenvalue weighted by Crippen LogP contribution is -2.50. The highest BCUT2D eigenvalue weighted by Crippen LogP contribution is 2.42. The van der Waals surface area contributed by atoms with Gasteiger partial charge in [-0.2, -0.15) is 0 Å². The van der Waals surface area contributed by atoms with Crippen LogP contribution < -0.4 is 10.8 Å². The minimum Gasteiger partial charge on any atom is -0.733 e. The van der Waals surface area contributed by atoms with Gasteiger partial charge in [-0.15, -0.1) is 5.10 Å². The molecular formula is C21H28N7O4-. The normalized spacial score (nSPS) is 24.1. The molecule has 0 spiro atoms. The van der Waals surface area contributed by atoms with E-state index in [1.54, 1.807) is 21.6 Å². The number of tetrazole rings is 1. The molecule has 2 bridgehead atoms. The van der Waals surface area contributed by atoms with Crippen LogP contribution in [-0.4, -0.2) is 53.9 Å². The SMILES string of the molecule is O=C(CC1(Cn2cnnn2)CCCCC1)N1C[C@H]2C[C@@H](C1)c1ccc(N([O-])O)c(=O)n1C2. The second-order valence-corrected chi connectivity index (χ2v) is 9.67. The summed E-state index contributed by atoms with van der Waals surface area (Å²) >= 11 is 0. The second kappa shape index (κ2) is 8.28. The number of nitrogens with zero attached hydrogens (tertiary/aromatic N) is 7. The molecule has 0 radical (unpaired) electrons. The average molecular weight is 443 g/mol. The molecule has 1 saturated heterocycles. The van der Waals surface area contributed by atoms with E-state index in [-0.39, 0.29) is 34.1 Å². The molecule has 2 aromatic rings. The maximum absolute atomic E-state index is 13.5. The van der Waals surface area contributed by atoms with E-state index in [1.165, 1.54) is 12.5 Å². The van der Waals surface area contributed by atoms with E-state index in [1.807, 2.05) is 4.90 Å². The van der Waals surface area contributed by atoms with Gasteiger partial charge in [-0.1, -0.05) is 19.3 Å². The first-order chi connectivity index (χ1) is 15.4. The van der Waals surface area contributed by atoms with Crippen molar-refractivity contribution in [2.45, 2.75) is 64.0 Å². The minimum absolute atomic E-state index is 0.0498. The fraction of sp³-hybridized carbons (Fsp3) is 0.667. The predicted molar refractivity (Wildman–Crippen MR) is 114 cm³/mol. The Morgan fingerprint density at radius 2 is 2.03 bits per heavy atom. The lowest BCUT2D eigenvalue weighted by atomic mass is 9.71. The molecule has 0 unspecified atom stereocenters. The number of pyridine rings is 1. The van der Waals surface area contributed by atoms with E-state index in [2.05, 4.69) is 15.5 Å². The van der Waals surface area contributed by atoms with Gasteiger partial charge in [-0.3, -0.25) is 14.8 Å². The van der Waals surface area contributed by atoms with E-state index in [9.17, 15) is 20.0 Å². The summed E-state index contributed by atoms with van der Waals surface area (Å²) in [6.45, 7) is 2.27.